The molecule has 0 radical (unpaired) electrons. The molecule has 1 aliphatic carbocycles. The summed E-state index contributed by atoms with van der Waals surface area (Å²) < 4.78 is 10.6. The van der Waals surface area contributed by atoms with Crippen LogP contribution in [-0.4, -0.2) is 14.2 Å². The maximum atomic E-state index is 6.53. The third kappa shape index (κ3) is 2.37. The Labute approximate surface area is 108 Å². The monoisotopic (exact) mass is 254 g/mol. The van der Waals surface area contributed by atoms with Crippen LogP contribution in [0.4, 0.5) is 0 Å². The molecule has 0 aliphatic heterocycles. The van der Waals surface area contributed by atoms with Crippen LogP contribution in [0.1, 0.15) is 29.8 Å². The van der Waals surface area contributed by atoms with Crippen molar-refractivity contribution in [2.75, 3.05) is 14.2 Å². The standard InChI is InChI=1S/C14H19ClO2/c1-8-5-10(8)14(15)11-7-13(17-4)12(16-3)6-9(11)2/h6-8,10,14H,5H2,1-4H3. The number of rotatable bonds is 4. The van der Waals surface area contributed by atoms with Crippen molar-refractivity contribution in [1.82, 2.24) is 0 Å². The topological polar surface area (TPSA) is 18.5 Å². The summed E-state index contributed by atoms with van der Waals surface area (Å²) in [5, 5.41) is 0.0878. The van der Waals surface area contributed by atoms with Crippen molar-refractivity contribution in [3.05, 3.63) is 23.3 Å². The average molecular weight is 255 g/mol. The average Bonchev–Trinajstić information content (AvgIpc) is 3.05. The zero-order valence-corrected chi connectivity index (χ0v) is 11.5. The Kier molecular flexibility index (Phi) is 3.53. The molecule has 0 aromatic heterocycles. The summed E-state index contributed by atoms with van der Waals surface area (Å²) in [5.41, 5.74) is 2.33. The molecule has 2 rings (SSSR count). The van der Waals surface area contributed by atoms with E-state index in [1.165, 1.54) is 17.5 Å². The number of hydrogen-bond donors (Lipinski definition) is 0. The highest BCUT2D eigenvalue weighted by molar-refractivity contribution is 6.21. The van der Waals surface area contributed by atoms with Crippen molar-refractivity contribution >= 4 is 11.6 Å². The van der Waals surface area contributed by atoms with Gasteiger partial charge in [0.1, 0.15) is 0 Å². The van der Waals surface area contributed by atoms with E-state index >= 15 is 0 Å². The highest BCUT2D eigenvalue weighted by Gasteiger charge is 2.39. The first-order chi connectivity index (χ1) is 8.08. The van der Waals surface area contributed by atoms with Crippen molar-refractivity contribution in [2.24, 2.45) is 11.8 Å². The van der Waals surface area contributed by atoms with Gasteiger partial charge in [-0.3, -0.25) is 0 Å². The van der Waals surface area contributed by atoms with Gasteiger partial charge in [-0.15, -0.1) is 11.6 Å². The fraction of sp³-hybridized carbons (Fsp3) is 0.571. The lowest BCUT2D eigenvalue weighted by Gasteiger charge is -2.16. The molecule has 0 bridgehead atoms. The quantitative estimate of drug-likeness (QED) is 0.758. The molecule has 2 nitrogen and oxygen atoms in total. The normalized spacial score (nSPS) is 24.3. The van der Waals surface area contributed by atoms with Crippen LogP contribution in [0.25, 0.3) is 0 Å². The SMILES string of the molecule is COc1cc(C)c(C(Cl)C2CC2C)cc1OC. The zero-order chi connectivity index (χ0) is 12.6. The molecule has 3 unspecified atom stereocenters. The molecule has 3 atom stereocenters. The molecule has 1 aromatic rings. The Morgan fingerprint density at radius 1 is 1.24 bits per heavy atom. The molecule has 1 aromatic carbocycles. The summed E-state index contributed by atoms with van der Waals surface area (Å²) in [6.45, 7) is 4.32. The third-order valence-electron chi connectivity index (χ3n) is 3.62. The highest BCUT2D eigenvalue weighted by atomic mass is 35.5. The summed E-state index contributed by atoms with van der Waals surface area (Å²) >= 11 is 6.53. The molecule has 0 N–H and O–H groups in total. The van der Waals surface area contributed by atoms with Crippen LogP contribution < -0.4 is 9.47 Å². The van der Waals surface area contributed by atoms with Crippen LogP contribution >= 0.6 is 11.6 Å². The second-order valence-corrected chi connectivity index (χ2v) is 5.31. The van der Waals surface area contributed by atoms with E-state index < -0.39 is 0 Å². The van der Waals surface area contributed by atoms with Gasteiger partial charge >= 0.3 is 0 Å². The van der Waals surface area contributed by atoms with Gasteiger partial charge in [-0.2, -0.15) is 0 Å². The van der Waals surface area contributed by atoms with E-state index in [1.54, 1.807) is 14.2 Å². The number of benzene rings is 1. The van der Waals surface area contributed by atoms with E-state index in [9.17, 15) is 0 Å². The van der Waals surface area contributed by atoms with Crippen LogP contribution in [-0.2, 0) is 0 Å². The number of methoxy groups -OCH3 is 2. The maximum absolute atomic E-state index is 6.53. The minimum absolute atomic E-state index is 0.0878. The van der Waals surface area contributed by atoms with Crippen molar-refractivity contribution < 1.29 is 9.47 Å². The lowest BCUT2D eigenvalue weighted by molar-refractivity contribution is 0.354. The molecule has 0 heterocycles. The Morgan fingerprint density at radius 2 is 1.76 bits per heavy atom. The first kappa shape index (κ1) is 12.6. The number of ether oxygens (including phenoxy) is 2. The minimum atomic E-state index is 0.0878. The largest absolute Gasteiger partial charge is 0.493 e. The van der Waals surface area contributed by atoms with Crippen LogP contribution in [0.5, 0.6) is 11.5 Å². The molecule has 0 amide bonds. The predicted molar refractivity (Wildman–Crippen MR) is 70.1 cm³/mol. The van der Waals surface area contributed by atoms with Gasteiger partial charge in [-0.25, -0.2) is 0 Å². The molecule has 0 spiro atoms. The smallest absolute Gasteiger partial charge is 0.161 e. The number of aryl methyl sites for hydroxylation is 1. The lowest BCUT2D eigenvalue weighted by atomic mass is 10.0. The highest BCUT2D eigenvalue weighted by Crippen LogP contribution is 2.51. The molecule has 17 heavy (non-hydrogen) atoms. The zero-order valence-electron chi connectivity index (χ0n) is 10.8. The number of hydrogen-bond acceptors (Lipinski definition) is 2. The first-order valence-electron chi connectivity index (χ1n) is 5.95. The predicted octanol–water partition coefficient (Wildman–Crippen LogP) is 3.95. The Bertz CT molecular complexity index is 417. The van der Waals surface area contributed by atoms with Crippen LogP contribution in [0.2, 0.25) is 0 Å². The van der Waals surface area contributed by atoms with Gasteiger partial charge in [0.2, 0.25) is 0 Å². The first-order valence-corrected chi connectivity index (χ1v) is 6.38. The summed E-state index contributed by atoms with van der Waals surface area (Å²) in [6, 6.07) is 4.01. The van der Waals surface area contributed by atoms with E-state index in [1.807, 2.05) is 12.1 Å². The van der Waals surface area contributed by atoms with Gasteiger partial charge in [0.25, 0.3) is 0 Å². The molecule has 94 valence electrons. The van der Waals surface area contributed by atoms with Gasteiger partial charge in [0.05, 0.1) is 19.6 Å². The molecule has 3 heteroatoms. The lowest BCUT2D eigenvalue weighted by Crippen LogP contribution is -2.00. The van der Waals surface area contributed by atoms with Gasteiger partial charge < -0.3 is 9.47 Å². The van der Waals surface area contributed by atoms with Crippen LogP contribution in [0.3, 0.4) is 0 Å². The van der Waals surface area contributed by atoms with Gasteiger partial charge in [0, 0.05) is 0 Å². The van der Waals surface area contributed by atoms with Crippen molar-refractivity contribution in [1.29, 1.82) is 0 Å². The molecular formula is C14H19ClO2. The molecular weight excluding hydrogens is 236 g/mol. The number of alkyl halides is 1. The summed E-state index contributed by atoms with van der Waals surface area (Å²) in [5.74, 6) is 2.87. The summed E-state index contributed by atoms with van der Waals surface area (Å²) in [7, 11) is 3.30. The summed E-state index contributed by atoms with van der Waals surface area (Å²) in [6.07, 6.45) is 1.22. The van der Waals surface area contributed by atoms with Crippen molar-refractivity contribution in [3.63, 3.8) is 0 Å². The van der Waals surface area contributed by atoms with Crippen LogP contribution in [0.15, 0.2) is 12.1 Å². The molecule has 1 saturated carbocycles. The van der Waals surface area contributed by atoms with E-state index in [4.69, 9.17) is 21.1 Å². The van der Waals surface area contributed by atoms with Crippen molar-refractivity contribution in [2.45, 2.75) is 25.6 Å². The van der Waals surface area contributed by atoms with Crippen molar-refractivity contribution in [3.8, 4) is 11.5 Å². The van der Waals surface area contributed by atoms with E-state index in [2.05, 4.69) is 13.8 Å². The third-order valence-corrected chi connectivity index (χ3v) is 4.18. The maximum Gasteiger partial charge on any atom is 0.161 e. The fourth-order valence-corrected chi connectivity index (χ4v) is 2.87. The molecule has 0 saturated heterocycles. The Balaban J connectivity index is 2.33. The van der Waals surface area contributed by atoms with Gasteiger partial charge in [-0.05, 0) is 48.4 Å². The summed E-state index contributed by atoms with van der Waals surface area (Å²) in [4.78, 5) is 0. The molecule has 1 fully saturated rings. The Hall–Kier alpha value is -0.890. The second kappa shape index (κ2) is 4.77. The van der Waals surface area contributed by atoms with E-state index in [0.717, 1.165) is 17.4 Å². The van der Waals surface area contributed by atoms with Gasteiger partial charge in [0.15, 0.2) is 11.5 Å². The Morgan fingerprint density at radius 3 is 2.24 bits per heavy atom. The van der Waals surface area contributed by atoms with E-state index in [0.29, 0.717) is 5.92 Å². The van der Waals surface area contributed by atoms with Gasteiger partial charge in [-0.1, -0.05) is 6.92 Å². The minimum Gasteiger partial charge on any atom is -0.493 e. The molecule has 1 aliphatic rings. The van der Waals surface area contributed by atoms with Crippen LogP contribution in [0, 0.1) is 18.8 Å². The fourth-order valence-electron chi connectivity index (χ4n) is 2.28. The number of halogens is 1. The second-order valence-electron chi connectivity index (χ2n) is 4.84. The van der Waals surface area contributed by atoms with E-state index in [-0.39, 0.29) is 5.38 Å².